The number of carbonyl (C=O) groups excluding carboxylic acids is 1. The van der Waals surface area contributed by atoms with Crippen LogP contribution in [0, 0.1) is 0 Å². The van der Waals surface area contributed by atoms with Gasteiger partial charge in [0, 0.05) is 42.4 Å². The van der Waals surface area contributed by atoms with E-state index in [1.54, 1.807) is 36.9 Å². The summed E-state index contributed by atoms with van der Waals surface area (Å²) < 4.78 is 0. The summed E-state index contributed by atoms with van der Waals surface area (Å²) in [5.74, 6) is -0.198. The van der Waals surface area contributed by atoms with Crippen molar-refractivity contribution in [2.75, 3.05) is 16.9 Å². The van der Waals surface area contributed by atoms with Crippen LogP contribution in [0.15, 0.2) is 67.3 Å². The first-order chi connectivity index (χ1) is 13.5. The number of nitrogens with one attached hydrogen (secondary N) is 2. The second-order valence-electron chi connectivity index (χ2n) is 7.59. The van der Waals surface area contributed by atoms with Crippen LogP contribution in [0.5, 0.6) is 0 Å². The Hall–Kier alpha value is -3.41. The minimum atomic E-state index is -0.198. The summed E-state index contributed by atoms with van der Waals surface area (Å²) in [5, 5.41) is 5.33. The van der Waals surface area contributed by atoms with Gasteiger partial charge < -0.3 is 5.32 Å². The van der Waals surface area contributed by atoms with E-state index in [1.165, 1.54) is 5.56 Å². The quantitative estimate of drug-likeness (QED) is 0.670. The maximum atomic E-state index is 12.7. The average Bonchev–Trinajstić information content (AvgIpc) is 3.03. The molecule has 4 rings (SSSR count). The van der Waals surface area contributed by atoms with E-state index in [1.807, 2.05) is 17.1 Å². The number of pyridine rings is 2. The molecule has 0 fully saturated rings. The Morgan fingerprint density at radius 2 is 1.96 bits per heavy atom. The summed E-state index contributed by atoms with van der Waals surface area (Å²) in [4.78, 5) is 20.8. The van der Waals surface area contributed by atoms with Gasteiger partial charge in [-0.1, -0.05) is 19.9 Å². The third-order valence-corrected chi connectivity index (χ3v) is 5.02. The summed E-state index contributed by atoms with van der Waals surface area (Å²) in [6.45, 7) is 5.88. The van der Waals surface area contributed by atoms with Crippen molar-refractivity contribution in [1.82, 2.24) is 15.4 Å². The second-order valence-corrected chi connectivity index (χ2v) is 7.59. The molecule has 0 unspecified atom stereocenters. The van der Waals surface area contributed by atoms with E-state index < -0.39 is 0 Å². The lowest BCUT2D eigenvalue weighted by atomic mass is 9.87. The molecule has 1 amide bonds. The molecule has 2 N–H and O–H groups in total. The van der Waals surface area contributed by atoms with Gasteiger partial charge in [0.2, 0.25) is 0 Å². The van der Waals surface area contributed by atoms with E-state index in [4.69, 9.17) is 0 Å². The molecule has 1 aromatic carbocycles. The van der Waals surface area contributed by atoms with Gasteiger partial charge in [0.1, 0.15) is 0 Å². The van der Waals surface area contributed by atoms with E-state index in [0.29, 0.717) is 12.1 Å². The van der Waals surface area contributed by atoms with Crippen LogP contribution in [0.3, 0.4) is 0 Å². The number of hydrogen-bond donors (Lipinski definition) is 2. The Morgan fingerprint density at radius 3 is 2.71 bits per heavy atom. The lowest BCUT2D eigenvalue weighted by Crippen LogP contribution is -2.42. The van der Waals surface area contributed by atoms with Crippen molar-refractivity contribution in [3.63, 3.8) is 0 Å². The number of amides is 1. The molecule has 1 aliphatic heterocycles. The van der Waals surface area contributed by atoms with E-state index in [0.717, 1.165) is 23.5 Å². The van der Waals surface area contributed by atoms with Crippen LogP contribution in [0.25, 0.3) is 0 Å². The first-order valence-electron chi connectivity index (χ1n) is 9.29. The zero-order valence-corrected chi connectivity index (χ0v) is 16.0. The van der Waals surface area contributed by atoms with Crippen molar-refractivity contribution in [2.24, 2.45) is 0 Å². The smallest absolute Gasteiger partial charge is 0.271 e. The molecule has 0 spiro atoms. The van der Waals surface area contributed by atoms with Crippen molar-refractivity contribution >= 4 is 17.3 Å². The van der Waals surface area contributed by atoms with Crippen molar-refractivity contribution in [3.8, 4) is 0 Å². The minimum Gasteiger partial charge on any atom is -0.384 e. The Labute approximate surface area is 164 Å². The number of hydrogen-bond acceptors (Lipinski definition) is 5. The van der Waals surface area contributed by atoms with Gasteiger partial charge in [0.15, 0.2) is 0 Å². The van der Waals surface area contributed by atoms with Gasteiger partial charge in [-0.25, -0.2) is 0 Å². The van der Waals surface area contributed by atoms with Crippen LogP contribution in [-0.2, 0) is 12.0 Å². The molecular formula is C22H23N5O. The Kier molecular flexibility index (Phi) is 4.69. The predicted molar refractivity (Wildman–Crippen MR) is 110 cm³/mol. The van der Waals surface area contributed by atoms with Gasteiger partial charge in [-0.3, -0.25) is 25.2 Å². The number of fused-ring (bicyclic) bond motifs is 1. The molecule has 2 aromatic heterocycles. The largest absolute Gasteiger partial charge is 0.384 e. The van der Waals surface area contributed by atoms with Crippen LogP contribution in [-0.4, -0.2) is 22.4 Å². The number of hydrazine groups is 1. The fraction of sp³-hybridized carbons (Fsp3) is 0.227. The van der Waals surface area contributed by atoms with Gasteiger partial charge in [0.05, 0.1) is 17.8 Å². The van der Waals surface area contributed by atoms with Gasteiger partial charge in [-0.15, -0.1) is 0 Å². The summed E-state index contributed by atoms with van der Waals surface area (Å²) in [6.07, 6.45) is 6.72. The van der Waals surface area contributed by atoms with Crippen LogP contribution in [0.2, 0.25) is 0 Å². The van der Waals surface area contributed by atoms with E-state index in [2.05, 4.69) is 52.8 Å². The molecule has 1 aliphatic rings. The summed E-state index contributed by atoms with van der Waals surface area (Å²) in [6, 6.07) is 13.7. The summed E-state index contributed by atoms with van der Waals surface area (Å²) in [5.41, 5.74) is 8.00. The van der Waals surface area contributed by atoms with Crippen molar-refractivity contribution in [1.29, 1.82) is 0 Å². The number of rotatable bonds is 5. The molecule has 0 aliphatic carbocycles. The molecule has 3 heterocycles. The standard InChI is InChI=1S/C22H23N5O/c1-22(2)15-25-20-12-18(5-6-19(20)22)27(14-16-7-10-23-11-8-16)26-21(28)17-4-3-9-24-13-17/h3-13,25H,14-15H2,1-2H3,(H,26,28). The van der Waals surface area contributed by atoms with Crippen molar-refractivity contribution in [2.45, 2.75) is 25.8 Å². The number of nitrogens with zero attached hydrogens (tertiary/aromatic N) is 3. The SMILES string of the molecule is CC1(C)CNc2cc(N(Cc3ccncc3)NC(=O)c3cccnc3)ccc21. The molecule has 6 nitrogen and oxygen atoms in total. The van der Waals surface area contributed by atoms with E-state index in [-0.39, 0.29) is 11.3 Å². The lowest BCUT2D eigenvalue weighted by Gasteiger charge is -2.26. The molecule has 0 saturated heterocycles. The molecule has 3 aromatic rings. The number of benzene rings is 1. The minimum absolute atomic E-state index is 0.0999. The van der Waals surface area contributed by atoms with Gasteiger partial charge in [0.25, 0.3) is 5.91 Å². The highest BCUT2D eigenvalue weighted by atomic mass is 16.2. The van der Waals surface area contributed by atoms with Crippen LogP contribution in [0.4, 0.5) is 11.4 Å². The van der Waals surface area contributed by atoms with E-state index >= 15 is 0 Å². The highest BCUT2D eigenvalue weighted by Gasteiger charge is 2.30. The Bertz CT molecular complexity index is 973. The summed E-state index contributed by atoms with van der Waals surface area (Å²) >= 11 is 0. The molecule has 0 bridgehead atoms. The molecule has 0 saturated carbocycles. The Morgan fingerprint density at radius 1 is 1.14 bits per heavy atom. The van der Waals surface area contributed by atoms with Crippen molar-refractivity contribution in [3.05, 3.63) is 83.9 Å². The maximum absolute atomic E-state index is 12.7. The normalized spacial score (nSPS) is 14.1. The molecule has 142 valence electrons. The molecule has 6 heteroatoms. The average molecular weight is 373 g/mol. The monoisotopic (exact) mass is 373 g/mol. The third-order valence-electron chi connectivity index (χ3n) is 5.02. The number of carbonyl (C=O) groups is 1. The van der Waals surface area contributed by atoms with Crippen molar-refractivity contribution < 1.29 is 4.79 Å². The zero-order chi connectivity index (χ0) is 19.6. The van der Waals surface area contributed by atoms with Crippen LogP contribution < -0.4 is 15.8 Å². The van der Waals surface area contributed by atoms with Crippen LogP contribution >= 0.6 is 0 Å². The zero-order valence-electron chi connectivity index (χ0n) is 16.0. The van der Waals surface area contributed by atoms with E-state index in [9.17, 15) is 4.79 Å². The predicted octanol–water partition coefficient (Wildman–Crippen LogP) is 3.53. The number of aromatic nitrogens is 2. The molecular weight excluding hydrogens is 350 g/mol. The highest BCUT2D eigenvalue weighted by molar-refractivity contribution is 5.94. The molecule has 0 atom stereocenters. The fourth-order valence-corrected chi connectivity index (χ4v) is 3.40. The van der Waals surface area contributed by atoms with Gasteiger partial charge >= 0.3 is 0 Å². The Balaban J connectivity index is 1.64. The lowest BCUT2D eigenvalue weighted by molar-refractivity contribution is 0.0948. The first-order valence-corrected chi connectivity index (χ1v) is 9.29. The van der Waals surface area contributed by atoms with Gasteiger partial charge in [-0.05, 0) is 47.5 Å². The maximum Gasteiger partial charge on any atom is 0.271 e. The fourth-order valence-electron chi connectivity index (χ4n) is 3.40. The highest BCUT2D eigenvalue weighted by Crippen LogP contribution is 2.38. The second kappa shape index (κ2) is 7.31. The number of anilines is 2. The van der Waals surface area contributed by atoms with Crippen LogP contribution in [0.1, 0.15) is 35.3 Å². The summed E-state index contributed by atoms with van der Waals surface area (Å²) in [7, 11) is 0. The molecule has 0 radical (unpaired) electrons. The topological polar surface area (TPSA) is 70.2 Å². The van der Waals surface area contributed by atoms with Gasteiger partial charge in [-0.2, -0.15) is 0 Å². The molecule has 28 heavy (non-hydrogen) atoms. The first kappa shape index (κ1) is 18.0. The third kappa shape index (κ3) is 3.67.